The average molecular weight is 325 g/mol. The molecular weight excluding hydrogens is 308 g/mol. The molecule has 0 amide bonds. The van der Waals surface area contributed by atoms with Gasteiger partial charge in [0.25, 0.3) is 0 Å². The average Bonchev–Trinajstić information content (AvgIpc) is 2.45. The van der Waals surface area contributed by atoms with Crippen LogP contribution < -0.4 is 10.5 Å². The fraction of sp³-hybridized carbons (Fsp3) is 0.200. The molecule has 1 unspecified atom stereocenters. The third-order valence-electron chi connectivity index (χ3n) is 3.17. The van der Waals surface area contributed by atoms with Gasteiger partial charge in [-0.25, -0.2) is 13.1 Å². The van der Waals surface area contributed by atoms with Crippen molar-refractivity contribution in [3.05, 3.63) is 59.1 Å². The zero-order valence-corrected chi connectivity index (χ0v) is 13.2. The molecule has 4 nitrogen and oxygen atoms in total. The number of hydrogen-bond acceptors (Lipinski definition) is 3. The molecule has 0 heterocycles. The van der Waals surface area contributed by atoms with Gasteiger partial charge in [-0.15, -0.1) is 0 Å². The van der Waals surface area contributed by atoms with Gasteiger partial charge in [-0.1, -0.05) is 54.9 Å². The molecule has 1 atom stereocenters. The van der Waals surface area contributed by atoms with Crippen LogP contribution in [0.1, 0.15) is 24.9 Å². The van der Waals surface area contributed by atoms with E-state index in [4.69, 9.17) is 17.3 Å². The van der Waals surface area contributed by atoms with Crippen LogP contribution in [0.15, 0.2) is 53.4 Å². The summed E-state index contributed by atoms with van der Waals surface area (Å²) in [4.78, 5) is -0.0685. The third-order valence-corrected chi connectivity index (χ3v) is 5.19. The molecular formula is C15H17ClN2O2S. The molecule has 0 saturated carbocycles. The van der Waals surface area contributed by atoms with Crippen molar-refractivity contribution in [1.29, 1.82) is 0 Å². The molecule has 0 aromatic heterocycles. The molecule has 0 radical (unpaired) electrons. The maximum absolute atomic E-state index is 12.5. The van der Waals surface area contributed by atoms with Gasteiger partial charge in [0.2, 0.25) is 10.0 Å². The normalized spacial score (nSPS) is 13.0. The lowest BCUT2D eigenvalue weighted by Gasteiger charge is -2.18. The van der Waals surface area contributed by atoms with E-state index in [1.165, 1.54) is 12.1 Å². The molecule has 0 aliphatic rings. The molecule has 2 rings (SSSR count). The van der Waals surface area contributed by atoms with Crippen molar-refractivity contribution in [2.24, 2.45) is 0 Å². The van der Waals surface area contributed by atoms with Crippen LogP contribution in [0, 0.1) is 0 Å². The van der Waals surface area contributed by atoms with Gasteiger partial charge in [0.15, 0.2) is 0 Å². The topological polar surface area (TPSA) is 72.2 Å². The fourth-order valence-electron chi connectivity index (χ4n) is 2.13. The van der Waals surface area contributed by atoms with E-state index in [-0.39, 0.29) is 21.6 Å². The highest BCUT2D eigenvalue weighted by molar-refractivity contribution is 7.89. The SMILES string of the molecule is CCC(NS(=O)(=O)c1c(N)cccc1Cl)c1ccccc1. The zero-order chi connectivity index (χ0) is 15.5. The molecule has 6 heteroatoms. The third kappa shape index (κ3) is 3.56. The second kappa shape index (κ2) is 6.47. The summed E-state index contributed by atoms with van der Waals surface area (Å²) in [5.74, 6) is 0. The van der Waals surface area contributed by atoms with Crippen molar-refractivity contribution in [1.82, 2.24) is 4.72 Å². The van der Waals surface area contributed by atoms with Gasteiger partial charge in [0.05, 0.1) is 10.7 Å². The Morgan fingerprint density at radius 1 is 1.14 bits per heavy atom. The van der Waals surface area contributed by atoms with Crippen LogP contribution >= 0.6 is 11.6 Å². The minimum atomic E-state index is -3.79. The largest absolute Gasteiger partial charge is 0.398 e. The Hall–Kier alpha value is -1.56. The summed E-state index contributed by atoms with van der Waals surface area (Å²) >= 11 is 5.99. The predicted molar refractivity (Wildman–Crippen MR) is 85.7 cm³/mol. The number of hydrogen-bond donors (Lipinski definition) is 2. The molecule has 112 valence electrons. The lowest BCUT2D eigenvalue weighted by Crippen LogP contribution is -2.29. The lowest BCUT2D eigenvalue weighted by molar-refractivity contribution is 0.550. The number of nitrogens with two attached hydrogens (primary N) is 1. The minimum absolute atomic E-state index is 0.0685. The second-order valence-corrected chi connectivity index (χ2v) is 6.71. The summed E-state index contributed by atoms with van der Waals surface area (Å²) in [7, 11) is -3.79. The maximum atomic E-state index is 12.5. The van der Waals surface area contributed by atoms with Crippen LogP contribution in [-0.4, -0.2) is 8.42 Å². The summed E-state index contributed by atoms with van der Waals surface area (Å²) in [6.07, 6.45) is 0.619. The molecule has 2 aromatic carbocycles. The van der Waals surface area contributed by atoms with Gasteiger partial charge in [-0.2, -0.15) is 0 Å². The van der Waals surface area contributed by atoms with Crippen LogP contribution in [0.2, 0.25) is 5.02 Å². The number of nitrogens with one attached hydrogen (secondary N) is 1. The van der Waals surface area contributed by atoms with Crippen molar-refractivity contribution in [2.45, 2.75) is 24.3 Å². The van der Waals surface area contributed by atoms with Crippen LogP contribution in [0.25, 0.3) is 0 Å². The van der Waals surface area contributed by atoms with Crippen LogP contribution in [0.5, 0.6) is 0 Å². The smallest absolute Gasteiger partial charge is 0.244 e. The van der Waals surface area contributed by atoms with E-state index in [1.807, 2.05) is 37.3 Å². The molecule has 0 aliphatic carbocycles. The monoisotopic (exact) mass is 324 g/mol. The molecule has 21 heavy (non-hydrogen) atoms. The van der Waals surface area contributed by atoms with E-state index in [0.29, 0.717) is 6.42 Å². The van der Waals surface area contributed by atoms with E-state index in [2.05, 4.69) is 4.72 Å². The molecule has 0 saturated heterocycles. The first-order valence-corrected chi connectivity index (χ1v) is 8.43. The van der Waals surface area contributed by atoms with E-state index in [9.17, 15) is 8.42 Å². The first-order valence-electron chi connectivity index (χ1n) is 6.57. The summed E-state index contributed by atoms with van der Waals surface area (Å²) in [6, 6.07) is 13.7. The van der Waals surface area contributed by atoms with E-state index < -0.39 is 10.0 Å². The molecule has 0 spiro atoms. The van der Waals surface area contributed by atoms with Crippen molar-refractivity contribution in [2.75, 3.05) is 5.73 Å². The highest BCUT2D eigenvalue weighted by Gasteiger charge is 2.24. The molecule has 3 N–H and O–H groups in total. The van der Waals surface area contributed by atoms with Gasteiger partial charge < -0.3 is 5.73 Å². The highest BCUT2D eigenvalue weighted by atomic mass is 35.5. The Labute approximate surface area is 130 Å². The Morgan fingerprint density at radius 3 is 2.38 bits per heavy atom. The van der Waals surface area contributed by atoms with Gasteiger partial charge >= 0.3 is 0 Å². The molecule has 0 aliphatic heterocycles. The molecule has 2 aromatic rings. The highest BCUT2D eigenvalue weighted by Crippen LogP contribution is 2.29. The molecule has 0 fully saturated rings. The Balaban J connectivity index is 2.37. The first-order chi connectivity index (χ1) is 9.95. The lowest BCUT2D eigenvalue weighted by atomic mass is 10.1. The van der Waals surface area contributed by atoms with Gasteiger partial charge in [0, 0.05) is 6.04 Å². The quantitative estimate of drug-likeness (QED) is 0.828. The van der Waals surface area contributed by atoms with Crippen molar-refractivity contribution in [3.63, 3.8) is 0 Å². The number of halogens is 1. The number of anilines is 1. The van der Waals surface area contributed by atoms with Gasteiger partial charge in [0.1, 0.15) is 4.90 Å². The molecule has 0 bridgehead atoms. The maximum Gasteiger partial charge on any atom is 0.244 e. The number of sulfonamides is 1. The Bertz CT molecular complexity index is 697. The summed E-state index contributed by atoms with van der Waals surface area (Å²) < 4.78 is 27.7. The van der Waals surface area contributed by atoms with Crippen molar-refractivity contribution in [3.8, 4) is 0 Å². The number of rotatable bonds is 5. The van der Waals surface area contributed by atoms with Crippen LogP contribution in [0.4, 0.5) is 5.69 Å². The van der Waals surface area contributed by atoms with E-state index in [0.717, 1.165) is 5.56 Å². The number of benzene rings is 2. The van der Waals surface area contributed by atoms with Crippen LogP contribution in [-0.2, 0) is 10.0 Å². The minimum Gasteiger partial charge on any atom is -0.398 e. The predicted octanol–water partition coefficient (Wildman–Crippen LogP) is 3.35. The van der Waals surface area contributed by atoms with Gasteiger partial charge in [-0.3, -0.25) is 0 Å². The fourth-order valence-corrected chi connectivity index (χ4v) is 4.11. The summed E-state index contributed by atoms with van der Waals surface area (Å²) in [5, 5.41) is 0.116. The summed E-state index contributed by atoms with van der Waals surface area (Å²) in [6.45, 7) is 1.91. The standard InChI is InChI=1S/C15H17ClN2O2S/c1-2-14(11-7-4-3-5-8-11)18-21(19,20)15-12(16)9-6-10-13(15)17/h3-10,14,18H,2,17H2,1H3. The van der Waals surface area contributed by atoms with Gasteiger partial charge in [-0.05, 0) is 24.1 Å². The van der Waals surface area contributed by atoms with Crippen LogP contribution in [0.3, 0.4) is 0 Å². The Kier molecular flexibility index (Phi) is 4.88. The Morgan fingerprint density at radius 2 is 1.81 bits per heavy atom. The first kappa shape index (κ1) is 15.8. The summed E-state index contributed by atoms with van der Waals surface area (Å²) in [5.41, 5.74) is 6.79. The van der Waals surface area contributed by atoms with Crippen molar-refractivity contribution >= 4 is 27.3 Å². The van der Waals surface area contributed by atoms with Crippen molar-refractivity contribution < 1.29 is 8.42 Å². The van der Waals surface area contributed by atoms with E-state index in [1.54, 1.807) is 6.07 Å². The zero-order valence-electron chi connectivity index (χ0n) is 11.6. The van der Waals surface area contributed by atoms with E-state index >= 15 is 0 Å². The second-order valence-electron chi connectivity index (χ2n) is 4.65. The number of nitrogen functional groups attached to an aromatic ring is 1.